The van der Waals surface area contributed by atoms with Gasteiger partial charge in [0.05, 0.1) is 19.3 Å². The van der Waals surface area contributed by atoms with Crippen LogP contribution >= 0.6 is 0 Å². The zero-order valence-electron chi connectivity index (χ0n) is 17.4. The van der Waals surface area contributed by atoms with Crippen LogP contribution in [0.3, 0.4) is 0 Å². The van der Waals surface area contributed by atoms with Gasteiger partial charge in [-0.1, -0.05) is 13.0 Å². The Hall–Kier alpha value is -2.97. The molecule has 0 bridgehead atoms. The van der Waals surface area contributed by atoms with Crippen LogP contribution in [0.15, 0.2) is 41.2 Å². The molecule has 1 saturated heterocycles. The maximum absolute atomic E-state index is 13.8. The zero-order chi connectivity index (χ0) is 21.3. The lowest BCUT2D eigenvalue weighted by atomic mass is 9.93. The molecule has 8 heteroatoms. The van der Waals surface area contributed by atoms with Crippen LogP contribution < -0.4 is 21.3 Å². The minimum Gasteiger partial charge on any atom is -0.497 e. The average Bonchev–Trinajstić information content (AvgIpc) is 3.37. The fraction of sp³-hybridized carbons (Fsp3) is 0.364. The molecule has 0 spiro atoms. The van der Waals surface area contributed by atoms with Crippen LogP contribution in [0.4, 0.5) is 4.39 Å². The van der Waals surface area contributed by atoms with Gasteiger partial charge in [-0.2, -0.15) is 9.78 Å². The van der Waals surface area contributed by atoms with E-state index in [0.29, 0.717) is 23.1 Å². The summed E-state index contributed by atoms with van der Waals surface area (Å²) in [4.78, 5) is 13.1. The Morgan fingerprint density at radius 3 is 2.67 bits per heavy atom. The topological polar surface area (TPSA) is 73.1 Å². The van der Waals surface area contributed by atoms with Crippen LogP contribution in [0.5, 0.6) is 5.75 Å². The van der Waals surface area contributed by atoms with Crippen molar-refractivity contribution >= 4 is 0 Å². The number of methoxy groups -OCH3 is 1. The number of hydrogen-bond donors (Lipinski definition) is 2. The van der Waals surface area contributed by atoms with Crippen molar-refractivity contribution in [1.29, 1.82) is 0 Å². The largest absolute Gasteiger partial charge is 0.497 e. The Morgan fingerprint density at radius 1 is 1.20 bits per heavy atom. The molecule has 2 N–H and O–H groups in total. The van der Waals surface area contributed by atoms with Crippen molar-refractivity contribution in [2.24, 2.45) is 0 Å². The van der Waals surface area contributed by atoms with E-state index in [9.17, 15) is 9.18 Å². The van der Waals surface area contributed by atoms with Crippen molar-refractivity contribution in [2.75, 3.05) is 20.2 Å². The van der Waals surface area contributed by atoms with Gasteiger partial charge in [-0.05, 0) is 54.3 Å². The highest BCUT2D eigenvalue weighted by atomic mass is 19.1. The average molecular weight is 411 g/mol. The lowest BCUT2D eigenvalue weighted by Crippen LogP contribution is -2.25. The maximum atomic E-state index is 13.8. The third kappa shape index (κ3) is 3.88. The molecule has 1 aromatic heterocycles. The van der Waals surface area contributed by atoms with E-state index in [0.717, 1.165) is 25.2 Å². The molecule has 158 valence electrons. The minimum atomic E-state index is -0.401. The predicted molar refractivity (Wildman–Crippen MR) is 113 cm³/mol. The van der Waals surface area contributed by atoms with Crippen molar-refractivity contribution in [3.63, 3.8) is 0 Å². The Balaban J connectivity index is 1.68. The maximum Gasteiger partial charge on any atom is 0.351 e. The highest BCUT2D eigenvalue weighted by Crippen LogP contribution is 2.24. The first-order valence-corrected chi connectivity index (χ1v) is 10.1. The molecule has 0 amide bonds. The van der Waals surface area contributed by atoms with Crippen molar-refractivity contribution < 1.29 is 9.13 Å². The Bertz CT molecular complexity index is 1120. The Labute approximate surface area is 174 Å². The van der Waals surface area contributed by atoms with E-state index in [1.165, 1.54) is 35.1 Å². The molecule has 1 fully saturated rings. The van der Waals surface area contributed by atoms with E-state index in [4.69, 9.17) is 4.74 Å². The monoisotopic (exact) mass is 411 g/mol. The molecule has 0 aliphatic carbocycles. The van der Waals surface area contributed by atoms with Gasteiger partial charge >= 0.3 is 5.69 Å². The fourth-order valence-corrected chi connectivity index (χ4v) is 3.97. The van der Waals surface area contributed by atoms with Crippen LogP contribution in [-0.4, -0.2) is 34.5 Å². The number of aromatic nitrogens is 3. The lowest BCUT2D eigenvalue weighted by Gasteiger charge is -2.14. The molecule has 7 nitrogen and oxygen atoms in total. The van der Waals surface area contributed by atoms with E-state index < -0.39 is 5.82 Å². The second kappa shape index (κ2) is 8.41. The first-order valence-electron chi connectivity index (χ1n) is 10.1. The van der Waals surface area contributed by atoms with Crippen LogP contribution in [0.1, 0.15) is 35.4 Å². The van der Waals surface area contributed by atoms with E-state index in [2.05, 4.69) is 28.9 Å². The lowest BCUT2D eigenvalue weighted by molar-refractivity contribution is 0.410. The van der Waals surface area contributed by atoms with Crippen LogP contribution in [0.25, 0.3) is 5.69 Å². The first kappa shape index (κ1) is 20.3. The number of hydrogen-bond acceptors (Lipinski definition) is 5. The summed E-state index contributed by atoms with van der Waals surface area (Å²) in [5.74, 6) is 0.992. The number of rotatable bonds is 6. The molecule has 30 heavy (non-hydrogen) atoms. The molecule has 0 unspecified atom stereocenters. The fourth-order valence-electron chi connectivity index (χ4n) is 3.97. The number of nitrogens with zero attached hydrogens (tertiary/aromatic N) is 3. The van der Waals surface area contributed by atoms with Crippen molar-refractivity contribution in [3.05, 3.63) is 75.2 Å². The minimum absolute atomic E-state index is 0.219. The summed E-state index contributed by atoms with van der Waals surface area (Å²) in [6.45, 7) is 5.88. The molecule has 1 aliphatic rings. The smallest absolute Gasteiger partial charge is 0.351 e. The Kier molecular flexibility index (Phi) is 5.69. The summed E-state index contributed by atoms with van der Waals surface area (Å²) in [6.07, 6.45) is 0.872. The molecule has 2 aromatic carbocycles. The molecular weight excluding hydrogens is 385 g/mol. The van der Waals surface area contributed by atoms with Gasteiger partial charge in [0.15, 0.2) is 0 Å². The molecule has 3 aromatic rings. The molecule has 4 rings (SSSR count). The number of benzene rings is 2. The van der Waals surface area contributed by atoms with Gasteiger partial charge in [-0.25, -0.2) is 9.18 Å². The van der Waals surface area contributed by atoms with Gasteiger partial charge in [-0.15, -0.1) is 0 Å². The van der Waals surface area contributed by atoms with E-state index in [1.54, 1.807) is 17.6 Å². The second-order valence-corrected chi connectivity index (χ2v) is 7.52. The molecule has 0 radical (unpaired) electrons. The number of aryl methyl sites for hydroxylation is 2. The summed E-state index contributed by atoms with van der Waals surface area (Å²) in [6, 6.07) is 10.5. The predicted octanol–water partition coefficient (Wildman–Crippen LogP) is 2.29. The van der Waals surface area contributed by atoms with Gasteiger partial charge in [0.25, 0.3) is 0 Å². The van der Waals surface area contributed by atoms with Gasteiger partial charge in [-0.3, -0.25) is 15.4 Å². The van der Waals surface area contributed by atoms with Gasteiger partial charge in [0.1, 0.15) is 17.4 Å². The van der Waals surface area contributed by atoms with Crippen LogP contribution in [0.2, 0.25) is 0 Å². The summed E-state index contributed by atoms with van der Waals surface area (Å²) in [5.41, 5.74) is 9.95. The highest BCUT2D eigenvalue weighted by molar-refractivity contribution is 5.42. The van der Waals surface area contributed by atoms with Crippen molar-refractivity contribution in [2.45, 2.75) is 32.7 Å². The molecule has 1 aliphatic heterocycles. The standard InChI is InChI=1S/C22H26FN5O2/c1-4-16-9-19(5-6-21(16)17-11-24-25-12-17)28-22(29)27(14(2)26-28)13-15-7-18(23)10-20(8-15)30-3/h5-10,17,24-25H,4,11-13H2,1-3H3. The highest BCUT2D eigenvalue weighted by Gasteiger charge is 2.20. The van der Waals surface area contributed by atoms with Crippen molar-refractivity contribution in [3.8, 4) is 11.4 Å². The van der Waals surface area contributed by atoms with Crippen LogP contribution in [-0.2, 0) is 13.0 Å². The molecular formula is C22H26FN5O2. The van der Waals surface area contributed by atoms with Gasteiger partial charge in [0, 0.05) is 25.1 Å². The van der Waals surface area contributed by atoms with Crippen molar-refractivity contribution in [1.82, 2.24) is 25.2 Å². The second-order valence-electron chi connectivity index (χ2n) is 7.52. The molecule has 0 saturated carbocycles. The summed E-state index contributed by atoms with van der Waals surface area (Å²) >= 11 is 0. The zero-order valence-corrected chi connectivity index (χ0v) is 17.4. The quantitative estimate of drug-likeness (QED) is 0.651. The van der Waals surface area contributed by atoms with E-state index in [-0.39, 0.29) is 12.2 Å². The summed E-state index contributed by atoms with van der Waals surface area (Å²) < 4.78 is 21.9. The number of nitrogens with one attached hydrogen (secondary N) is 2. The third-order valence-corrected chi connectivity index (χ3v) is 5.57. The van der Waals surface area contributed by atoms with E-state index in [1.807, 2.05) is 12.1 Å². The molecule has 2 heterocycles. The number of ether oxygens (including phenoxy) is 1. The van der Waals surface area contributed by atoms with Gasteiger partial charge < -0.3 is 4.74 Å². The number of halogens is 1. The van der Waals surface area contributed by atoms with Gasteiger partial charge in [0.2, 0.25) is 0 Å². The summed E-state index contributed by atoms with van der Waals surface area (Å²) in [7, 11) is 1.49. The van der Waals surface area contributed by atoms with E-state index >= 15 is 0 Å². The van der Waals surface area contributed by atoms with Crippen LogP contribution in [0, 0.1) is 12.7 Å². The Morgan fingerprint density at radius 2 is 1.97 bits per heavy atom. The third-order valence-electron chi connectivity index (χ3n) is 5.57. The summed E-state index contributed by atoms with van der Waals surface area (Å²) in [5, 5.41) is 4.46. The molecule has 0 atom stereocenters. The first-order chi connectivity index (χ1) is 14.5. The normalized spacial score (nSPS) is 14.4. The SMILES string of the molecule is CCc1cc(-n2nc(C)n(Cc3cc(F)cc(OC)c3)c2=O)ccc1C1CNNC1. The number of hydrazine groups is 1.